The van der Waals surface area contributed by atoms with Crippen molar-refractivity contribution in [1.29, 1.82) is 0 Å². The lowest BCUT2D eigenvalue weighted by atomic mass is 10.1. The average molecular weight is 317 g/mol. The number of pyridine rings is 1. The van der Waals surface area contributed by atoms with Gasteiger partial charge in [-0.05, 0) is 36.7 Å². The highest BCUT2D eigenvalue weighted by molar-refractivity contribution is 5.61. The van der Waals surface area contributed by atoms with Crippen molar-refractivity contribution in [3.05, 3.63) is 83.9 Å². The van der Waals surface area contributed by atoms with Gasteiger partial charge in [0.25, 0.3) is 0 Å². The van der Waals surface area contributed by atoms with Crippen LogP contribution in [0.3, 0.4) is 0 Å². The summed E-state index contributed by atoms with van der Waals surface area (Å²) in [5, 5.41) is 0. The van der Waals surface area contributed by atoms with Crippen molar-refractivity contribution in [2.75, 3.05) is 19.3 Å². The van der Waals surface area contributed by atoms with Crippen molar-refractivity contribution >= 4 is 5.82 Å². The molecule has 3 rings (SSSR count). The highest BCUT2D eigenvalue weighted by Gasteiger charge is 2.03. The lowest BCUT2D eigenvalue weighted by Crippen LogP contribution is -2.20. The summed E-state index contributed by atoms with van der Waals surface area (Å²) >= 11 is 0. The SMILES string of the molecule is CN(CCc1ccccc1)Cc1ccc(-c2cccc(N)n2)cc1. The maximum Gasteiger partial charge on any atom is 0.124 e. The molecular weight excluding hydrogens is 294 g/mol. The number of nitrogens with two attached hydrogens (primary N) is 1. The molecule has 0 aliphatic carbocycles. The second kappa shape index (κ2) is 7.75. The van der Waals surface area contributed by atoms with Crippen LogP contribution in [0.4, 0.5) is 5.82 Å². The minimum absolute atomic E-state index is 0.553. The molecule has 0 unspecified atom stereocenters. The van der Waals surface area contributed by atoms with Crippen LogP contribution in [0, 0.1) is 0 Å². The maximum absolute atomic E-state index is 5.76. The van der Waals surface area contributed by atoms with E-state index in [9.17, 15) is 0 Å². The fourth-order valence-corrected chi connectivity index (χ4v) is 2.75. The molecule has 3 heteroatoms. The van der Waals surface area contributed by atoms with Crippen LogP contribution in [0.15, 0.2) is 72.8 Å². The second-order valence-electron chi connectivity index (χ2n) is 6.12. The molecule has 122 valence electrons. The summed E-state index contributed by atoms with van der Waals surface area (Å²) in [5.41, 5.74) is 10.5. The van der Waals surface area contributed by atoms with Gasteiger partial charge in [0.15, 0.2) is 0 Å². The molecule has 2 N–H and O–H groups in total. The van der Waals surface area contributed by atoms with Gasteiger partial charge in [-0.25, -0.2) is 4.98 Å². The lowest BCUT2D eigenvalue weighted by molar-refractivity contribution is 0.331. The van der Waals surface area contributed by atoms with E-state index >= 15 is 0 Å². The number of rotatable bonds is 6. The molecule has 0 aliphatic rings. The molecule has 0 fully saturated rings. The molecular formula is C21H23N3. The van der Waals surface area contributed by atoms with E-state index in [0.717, 1.165) is 30.8 Å². The van der Waals surface area contributed by atoms with Crippen LogP contribution in [-0.2, 0) is 13.0 Å². The van der Waals surface area contributed by atoms with Crippen LogP contribution in [-0.4, -0.2) is 23.5 Å². The Morgan fingerprint density at radius 3 is 2.29 bits per heavy atom. The van der Waals surface area contributed by atoms with Crippen molar-refractivity contribution in [3.8, 4) is 11.3 Å². The molecule has 0 radical (unpaired) electrons. The first-order chi connectivity index (χ1) is 11.7. The number of aromatic nitrogens is 1. The zero-order chi connectivity index (χ0) is 16.8. The van der Waals surface area contributed by atoms with E-state index in [1.54, 1.807) is 6.07 Å². The monoisotopic (exact) mass is 317 g/mol. The van der Waals surface area contributed by atoms with Crippen LogP contribution in [0.5, 0.6) is 0 Å². The first-order valence-corrected chi connectivity index (χ1v) is 8.25. The predicted octanol–water partition coefficient (Wildman–Crippen LogP) is 4.01. The highest BCUT2D eigenvalue weighted by atomic mass is 15.1. The van der Waals surface area contributed by atoms with Crippen molar-refractivity contribution < 1.29 is 0 Å². The van der Waals surface area contributed by atoms with E-state index in [4.69, 9.17) is 5.73 Å². The van der Waals surface area contributed by atoms with E-state index in [1.165, 1.54) is 11.1 Å². The van der Waals surface area contributed by atoms with Crippen molar-refractivity contribution in [1.82, 2.24) is 9.88 Å². The minimum atomic E-state index is 0.553. The molecule has 1 heterocycles. The summed E-state index contributed by atoms with van der Waals surface area (Å²) in [7, 11) is 2.16. The summed E-state index contributed by atoms with van der Waals surface area (Å²) in [4.78, 5) is 6.71. The predicted molar refractivity (Wildman–Crippen MR) is 101 cm³/mol. The third kappa shape index (κ3) is 4.43. The highest BCUT2D eigenvalue weighted by Crippen LogP contribution is 2.19. The van der Waals surface area contributed by atoms with E-state index in [-0.39, 0.29) is 0 Å². The topological polar surface area (TPSA) is 42.1 Å². The van der Waals surface area contributed by atoms with Crippen LogP contribution >= 0.6 is 0 Å². The Labute approximate surface area is 143 Å². The smallest absolute Gasteiger partial charge is 0.124 e. The van der Waals surface area contributed by atoms with Crippen LogP contribution in [0.1, 0.15) is 11.1 Å². The number of benzene rings is 2. The molecule has 0 aliphatic heterocycles. The molecule has 2 aromatic carbocycles. The number of nitrogen functional groups attached to an aromatic ring is 1. The van der Waals surface area contributed by atoms with Gasteiger partial charge in [-0.3, -0.25) is 0 Å². The molecule has 0 saturated heterocycles. The average Bonchev–Trinajstić information content (AvgIpc) is 2.61. The molecule has 24 heavy (non-hydrogen) atoms. The van der Waals surface area contributed by atoms with Crippen molar-refractivity contribution in [3.63, 3.8) is 0 Å². The van der Waals surface area contributed by atoms with Crippen LogP contribution < -0.4 is 5.73 Å². The summed E-state index contributed by atoms with van der Waals surface area (Å²) < 4.78 is 0. The van der Waals surface area contributed by atoms with E-state index in [0.29, 0.717) is 5.82 Å². The molecule has 1 aromatic heterocycles. The van der Waals surface area contributed by atoms with E-state index in [1.807, 2.05) is 12.1 Å². The van der Waals surface area contributed by atoms with Gasteiger partial charge in [-0.1, -0.05) is 60.7 Å². The first-order valence-electron chi connectivity index (χ1n) is 8.25. The third-order valence-corrected chi connectivity index (χ3v) is 4.10. The minimum Gasteiger partial charge on any atom is -0.384 e. The number of nitrogens with zero attached hydrogens (tertiary/aromatic N) is 2. The second-order valence-corrected chi connectivity index (χ2v) is 6.12. The maximum atomic E-state index is 5.76. The van der Waals surface area contributed by atoms with Gasteiger partial charge in [-0.2, -0.15) is 0 Å². The molecule has 3 aromatic rings. The Hall–Kier alpha value is -2.65. The lowest BCUT2D eigenvalue weighted by Gasteiger charge is -2.17. The van der Waals surface area contributed by atoms with Crippen molar-refractivity contribution in [2.24, 2.45) is 0 Å². The largest absolute Gasteiger partial charge is 0.384 e. The van der Waals surface area contributed by atoms with Gasteiger partial charge >= 0.3 is 0 Å². The number of likely N-dealkylation sites (N-methyl/N-ethyl adjacent to an activating group) is 1. The standard InChI is InChI=1S/C21H23N3/c1-24(15-14-17-6-3-2-4-7-17)16-18-10-12-19(13-11-18)20-8-5-9-21(22)23-20/h2-13H,14-16H2,1H3,(H2,22,23). The summed E-state index contributed by atoms with van der Waals surface area (Å²) in [5.74, 6) is 0.553. The molecule has 0 spiro atoms. The number of hydrogen-bond donors (Lipinski definition) is 1. The normalized spacial score (nSPS) is 10.9. The Bertz CT molecular complexity index is 767. The molecule has 0 atom stereocenters. The third-order valence-electron chi connectivity index (χ3n) is 4.10. The van der Waals surface area contributed by atoms with Gasteiger partial charge in [0.05, 0.1) is 5.69 Å². The number of anilines is 1. The van der Waals surface area contributed by atoms with Crippen molar-refractivity contribution in [2.45, 2.75) is 13.0 Å². The Balaban J connectivity index is 1.57. The molecule has 0 amide bonds. The Morgan fingerprint density at radius 2 is 1.58 bits per heavy atom. The zero-order valence-corrected chi connectivity index (χ0v) is 14.0. The fraction of sp³-hybridized carbons (Fsp3) is 0.190. The summed E-state index contributed by atoms with van der Waals surface area (Å²) in [6.07, 6.45) is 1.07. The van der Waals surface area contributed by atoms with Crippen LogP contribution in [0.25, 0.3) is 11.3 Å². The fourth-order valence-electron chi connectivity index (χ4n) is 2.75. The summed E-state index contributed by atoms with van der Waals surface area (Å²) in [6, 6.07) is 24.9. The first kappa shape index (κ1) is 16.2. The number of hydrogen-bond acceptors (Lipinski definition) is 3. The van der Waals surface area contributed by atoms with Gasteiger partial charge in [0.1, 0.15) is 5.82 Å². The Morgan fingerprint density at radius 1 is 0.833 bits per heavy atom. The molecule has 0 saturated carbocycles. The van der Waals surface area contributed by atoms with Crippen LogP contribution in [0.2, 0.25) is 0 Å². The van der Waals surface area contributed by atoms with E-state index < -0.39 is 0 Å². The zero-order valence-electron chi connectivity index (χ0n) is 14.0. The Kier molecular flexibility index (Phi) is 5.24. The van der Waals surface area contributed by atoms with Gasteiger partial charge < -0.3 is 10.6 Å². The summed E-state index contributed by atoms with van der Waals surface area (Å²) in [6.45, 7) is 1.99. The van der Waals surface area contributed by atoms with Gasteiger partial charge in [0.2, 0.25) is 0 Å². The van der Waals surface area contributed by atoms with Gasteiger partial charge in [-0.15, -0.1) is 0 Å². The van der Waals surface area contributed by atoms with Gasteiger partial charge in [0, 0.05) is 18.7 Å². The quantitative estimate of drug-likeness (QED) is 0.747. The van der Waals surface area contributed by atoms with E-state index in [2.05, 4.69) is 71.5 Å². The molecule has 3 nitrogen and oxygen atoms in total. The molecule has 0 bridgehead atoms.